The van der Waals surface area contributed by atoms with Crippen LogP contribution < -0.4 is 9.47 Å². The summed E-state index contributed by atoms with van der Waals surface area (Å²) in [5.74, 6) is 0.352. The average molecular weight is 349 g/mol. The zero-order valence-electron chi connectivity index (χ0n) is 13.0. The monoisotopic (exact) mass is 348 g/mol. The highest BCUT2D eigenvalue weighted by Gasteiger charge is 2.13. The van der Waals surface area contributed by atoms with Crippen molar-refractivity contribution in [3.05, 3.63) is 52.1 Å². The van der Waals surface area contributed by atoms with Crippen LogP contribution in [-0.2, 0) is 6.61 Å². The van der Waals surface area contributed by atoms with Crippen LogP contribution in [0.15, 0.2) is 24.3 Å². The zero-order chi connectivity index (χ0) is 17.3. The molecule has 0 radical (unpaired) electrons. The molecule has 1 N–H and O–H groups in total. The first kappa shape index (κ1) is 16.3. The maximum Gasteiger partial charge on any atom is 0.164 e. The summed E-state index contributed by atoms with van der Waals surface area (Å²) in [5.41, 5.74) is 2.41. The molecule has 0 spiro atoms. The number of aromatic amines is 1. The van der Waals surface area contributed by atoms with E-state index in [1.807, 2.05) is 13.0 Å². The fraction of sp³-hybridized carbons (Fsp3) is 0.176. The number of methoxy groups -OCH3 is 1. The summed E-state index contributed by atoms with van der Waals surface area (Å²) >= 11 is 6.08. The van der Waals surface area contributed by atoms with E-state index in [1.54, 1.807) is 6.07 Å². The lowest BCUT2D eigenvalue weighted by molar-refractivity contribution is 0.111. The summed E-state index contributed by atoms with van der Waals surface area (Å²) in [5, 5.41) is 0.634. The standard InChI is InChI=1S/C17H14ClFN2O3/c1-9-3-13-14(5-11(9)18)21-17(20-13)8-24-16-6-12(19)10(7-22)4-15(16)23-2/h3-7H,8H2,1-2H3,(H,20,21). The van der Waals surface area contributed by atoms with Crippen molar-refractivity contribution in [2.24, 2.45) is 0 Å². The van der Waals surface area contributed by atoms with Crippen molar-refractivity contribution < 1.29 is 18.7 Å². The molecule has 7 heteroatoms. The highest BCUT2D eigenvalue weighted by molar-refractivity contribution is 6.32. The molecule has 1 aromatic heterocycles. The highest BCUT2D eigenvalue weighted by atomic mass is 35.5. The van der Waals surface area contributed by atoms with Crippen molar-refractivity contribution >= 4 is 28.9 Å². The molecular formula is C17H14ClFN2O3. The number of aldehydes is 1. The Hall–Kier alpha value is -2.60. The number of benzene rings is 2. The lowest BCUT2D eigenvalue weighted by Crippen LogP contribution is -2.01. The molecule has 3 aromatic rings. The van der Waals surface area contributed by atoms with Gasteiger partial charge < -0.3 is 14.5 Å². The smallest absolute Gasteiger partial charge is 0.164 e. The predicted molar refractivity (Wildman–Crippen MR) is 88.5 cm³/mol. The quantitative estimate of drug-likeness (QED) is 0.706. The van der Waals surface area contributed by atoms with E-state index in [9.17, 15) is 9.18 Å². The molecule has 0 aliphatic carbocycles. The number of fused-ring (bicyclic) bond motifs is 1. The third-order valence-corrected chi connectivity index (χ3v) is 3.99. The van der Waals surface area contributed by atoms with E-state index < -0.39 is 5.82 Å². The Morgan fingerprint density at radius 1 is 1.29 bits per heavy atom. The largest absolute Gasteiger partial charge is 0.493 e. The Morgan fingerprint density at radius 3 is 2.79 bits per heavy atom. The van der Waals surface area contributed by atoms with Crippen LogP contribution in [0.1, 0.15) is 21.7 Å². The summed E-state index contributed by atoms with van der Waals surface area (Å²) in [6.45, 7) is 1.99. The minimum Gasteiger partial charge on any atom is -0.493 e. The van der Waals surface area contributed by atoms with E-state index in [0.717, 1.165) is 22.7 Å². The SMILES string of the molecule is COc1cc(C=O)c(F)cc1OCc1nc2cc(Cl)c(C)cc2[nH]1. The predicted octanol–water partition coefficient (Wildman–Crippen LogP) is 4.06. The molecule has 124 valence electrons. The van der Waals surface area contributed by atoms with E-state index >= 15 is 0 Å². The first-order chi connectivity index (χ1) is 11.5. The molecule has 0 bridgehead atoms. The molecule has 0 saturated heterocycles. The van der Waals surface area contributed by atoms with Crippen LogP contribution in [0.5, 0.6) is 11.5 Å². The van der Waals surface area contributed by atoms with Gasteiger partial charge in [-0.25, -0.2) is 9.37 Å². The number of halogens is 2. The molecule has 0 saturated carbocycles. The van der Waals surface area contributed by atoms with Crippen molar-refractivity contribution in [2.45, 2.75) is 13.5 Å². The number of rotatable bonds is 5. The topological polar surface area (TPSA) is 64.2 Å². The van der Waals surface area contributed by atoms with Crippen LogP contribution in [0.4, 0.5) is 4.39 Å². The molecule has 0 aliphatic heterocycles. The second kappa shape index (κ2) is 6.49. The van der Waals surface area contributed by atoms with Gasteiger partial charge in [0.05, 0.1) is 23.7 Å². The number of carbonyl (C=O) groups is 1. The van der Waals surface area contributed by atoms with Gasteiger partial charge in [0.1, 0.15) is 18.2 Å². The van der Waals surface area contributed by atoms with Gasteiger partial charge in [0, 0.05) is 11.1 Å². The summed E-state index contributed by atoms with van der Waals surface area (Å²) in [6, 6.07) is 6.07. The number of nitrogens with one attached hydrogen (secondary N) is 1. The van der Waals surface area contributed by atoms with Gasteiger partial charge in [-0.05, 0) is 30.7 Å². The van der Waals surface area contributed by atoms with Gasteiger partial charge in [0.25, 0.3) is 0 Å². The molecule has 24 heavy (non-hydrogen) atoms. The molecule has 1 heterocycles. The average Bonchev–Trinajstić information content (AvgIpc) is 2.95. The van der Waals surface area contributed by atoms with Gasteiger partial charge in [0.2, 0.25) is 0 Å². The molecule has 0 aliphatic rings. The molecule has 0 atom stereocenters. The minimum absolute atomic E-state index is 0.0849. The Labute approximate surface area is 142 Å². The Bertz CT molecular complexity index is 885. The fourth-order valence-corrected chi connectivity index (χ4v) is 2.48. The number of hydrogen-bond acceptors (Lipinski definition) is 4. The lowest BCUT2D eigenvalue weighted by atomic mass is 10.2. The van der Waals surface area contributed by atoms with Crippen molar-refractivity contribution in [1.82, 2.24) is 9.97 Å². The second-order valence-corrected chi connectivity index (χ2v) is 5.64. The number of imidazole rings is 1. The number of carbonyl (C=O) groups excluding carboxylic acids is 1. The fourth-order valence-electron chi connectivity index (χ4n) is 2.32. The third-order valence-electron chi connectivity index (χ3n) is 3.59. The van der Waals surface area contributed by atoms with Crippen LogP contribution in [0.2, 0.25) is 5.02 Å². The molecule has 3 rings (SSSR count). The second-order valence-electron chi connectivity index (χ2n) is 5.23. The first-order valence-corrected chi connectivity index (χ1v) is 7.50. The van der Waals surface area contributed by atoms with Gasteiger partial charge in [-0.2, -0.15) is 0 Å². The highest BCUT2D eigenvalue weighted by Crippen LogP contribution is 2.30. The number of nitrogens with zero attached hydrogens (tertiary/aromatic N) is 1. The summed E-state index contributed by atoms with van der Waals surface area (Å²) in [4.78, 5) is 18.3. The molecule has 5 nitrogen and oxygen atoms in total. The minimum atomic E-state index is -0.673. The van der Waals surface area contributed by atoms with Crippen molar-refractivity contribution in [3.63, 3.8) is 0 Å². The lowest BCUT2D eigenvalue weighted by Gasteiger charge is -2.10. The maximum absolute atomic E-state index is 13.7. The number of aryl methyl sites for hydroxylation is 1. The molecule has 2 aromatic carbocycles. The first-order valence-electron chi connectivity index (χ1n) is 7.12. The van der Waals surface area contributed by atoms with E-state index in [2.05, 4.69) is 9.97 Å². The van der Waals surface area contributed by atoms with Gasteiger partial charge in [0.15, 0.2) is 17.8 Å². The Kier molecular flexibility index (Phi) is 4.40. The van der Waals surface area contributed by atoms with Gasteiger partial charge in [-0.15, -0.1) is 0 Å². The van der Waals surface area contributed by atoms with Crippen LogP contribution in [-0.4, -0.2) is 23.4 Å². The van der Waals surface area contributed by atoms with Crippen molar-refractivity contribution in [3.8, 4) is 11.5 Å². The van der Waals surface area contributed by atoms with Crippen LogP contribution in [0.3, 0.4) is 0 Å². The summed E-state index contributed by atoms with van der Waals surface area (Å²) < 4.78 is 24.4. The molecule has 0 amide bonds. The van der Waals surface area contributed by atoms with E-state index in [4.69, 9.17) is 21.1 Å². The van der Waals surface area contributed by atoms with Crippen LogP contribution in [0.25, 0.3) is 11.0 Å². The molecular weight excluding hydrogens is 335 g/mol. The van der Waals surface area contributed by atoms with E-state index in [-0.39, 0.29) is 23.7 Å². The Balaban J connectivity index is 1.85. The number of hydrogen-bond donors (Lipinski definition) is 1. The molecule has 0 fully saturated rings. The van der Waals surface area contributed by atoms with E-state index in [0.29, 0.717) is 17.1 Å². The van der Waals surface area contributed by atoms with Crippen LogP contribution >= 0.6 is 11.6 Å². The van der Waals surface area contributed by atoms with Crippen LogP contribution in [0, 0.1) is 12.7 Å². The van der Waals surface area contributed by atoms with E-state index in [1.165, 1.54) is 13.2 Å². The number of H-pyrrole nitrogens is 1. The summed E-state index contributed by atoms with van der Waals surface area (Å²) in [7, 11) is 1.42. The Morgan fingerprint density at radius 2 is 2.08 bits per heavy atom. The van der Waals surface area contributed by atoms with Gasteiger partial charge in [-0.3, -0.25) is 4.79 Å². The normalized spacial score (nSPS) is 10.8. The van der Waals surface area contributed by atoms with Crippen molar-refractivity contribution in [2.75, 3.05) is 7.11 Å². The number of aromatic nitrogens is 2. The van der Waals surface area contributed by atoms with Gasteiger partial charge >= 0.3 is 0 Å². The van der Waals surface area contributed by atoms with Gasteiger partial charge in [-0.1, -0.05) is 11.6 Å². The van der Waals surface area contributed by atoms with Crippen molar-refractivity contribution in [1.29, 1.82) is 0 Å². The maximum atomic E-state index is 13.7. The molecule has 0 unspecified atom stereocenters. The zero-order valence-corrected chi connectivity index (χ0v) is 13.8. The summed E-state index contributed by atoms with van der Waals surface area (Å²) in [6.07, 6.45) is 0.424. The number of ether oxygens (including phenoxy) is 2. The third kappa shape index (κ3) is 3.05.